The molecule has 1 heterocycles. The predicted octanol–water partition coefficient (Wildman–Crippen LogP) is 9.66. The summed E-state index contributed by atoms with van der Waals surface area (Å²) in [6, 6.07) is 26.6. The van der Waals surface area contributed by atoms with E-state index >= 15 is 0 Å². The Kier molecular flexibility index (Phi) is 10.7. The lowest BCUT2D eigenvalue weighted by molar-refractivity contribution is -0.142. The maximum atomic E-state index is 12.1. The number of benzene rings is 3. The quantitative estimate of drug-likeness (QED) is 0.0991. The largest absolute Gasteiger partial charge is 0.481 e. The van der Waals surface area contributed by atoms with Gasteiger partial charge in [-0.2, -0.15) is 23.5 Å². The van der Waals surface area contributed by atoms with Crippen LogP contribution in [0.25, 0.3) is 10.9 Å². The van der Waals surface area contributed by atoms with Gasteiger partial charge in [-0.05, 0) is 98.2 Å². The van der Waals surface area contributed by atoms with Crippen molar-refractivity contribution in [1.29, 1.82) is 0 Å². The van der Waals surface area contributed by atoms with Crippen LogP contribution in [0.2, 0.25) is 5.02 Å². The molecule has 2 saturated carbocycles. The number of aryl methyl sites for hydroxylation is 1. The van der Waals surface area contributed by atoms with Crippen molar-refractivity contribution >= 4 is 58.0 Å². The van der Waals surface area contributed by atoms with E-state index in [4.69, 9.17) is 16.6 Å². The lowest BCUT2D eigenvalue weighted by Gasteiger charge is -2.25. The van der Waals surface area contributed by atoms with Gasteiger partial charge in [0.2, 0.25) is 0 Å². The Labute approximate surface area is 302 Å². The van der Waals surface area contributed by atoms with E-state index in [0.717, 1.165) is 70.3 Å². The number of hydrogen-bond acceptors (Lipinski definition) is 6. The summed E-state index contributed by atoms with van der Waals surface area (Å²) in [6.45, 7) is 3.62. The van der Waals surface area contributed by atoms with Crippen molar-refractivity contribution in [3.63, 3.8) is 0 Å². The zero-order valence-corrected chi connectivity index (χ0v) is 30.4. The fourth-order valence-electron chi connectivity index (χ4n) is 6.61. The van der Waals surface area contributed by atoms with E-state index in [2.05, 4.69) is 42.5 Å². The Morgan fingerprint density at radius 2 is 1.57 bits per heavy atom. The summed E-state index contributed by atoms with van der Waals surface area (Å²) in [4.78, 5) is 28.7. The van der Waals surface area contributed by atoms with Crippen LogP contribution in [0.1, 0.15) is 90.8 Å². The first-order valence-electron chi connectivity index (χ1n) is 17.0. The van der Waals surface area contributed by atoms with Crippen molar-refractivity contribution in [1.82, 2.24) is 4.98 Å². The number of aromatic nitrogens is 1. The molecule has 49 heavy (non-hydrogen) atoms. The third-order valence-corrected chi connectivity index (χ3v) is 13.5. The number of aliphatic carboxylic acids is 2. The SMILES string of the molecule is CC(C)(O)c1ccccc1CC[C@@H](SCC1(C(=O)O)CC1)c1cccc([C@H](Cc2ccc3ccc(Cl)cc3n2)SCC2(CC(=O)O)CC2)c1. The number of pyridine rings is 1. The first kappa shape index (κ1) is 35.8. The number of carboxylic acid groups (broad SMARTS) is 2. The molecular weight excluding hydrogens is 674 g/mol. The number of nitrogens with zero attached hydrogens (tertiary/aromatic N) is 1. The van der Waals surface area contributed by atoms with Crippen LogP contribution >= 0.6 is 35.1 Å². The van der Waals surface area contributed by atoms with Gasteiger partial charge in [0.05, 0.1) is 23.0 Å². The molecule has 2 aliphatic carbocycles. The molecule has 258 valence electrons. The summed E-state index contributed by atoms with van der Waals surface area (Å²) >= 11 is 9.84. The van der Waals surface area contributed by atoms with Crippen LogP contribution in [-0.4, -0.2) is 43.7 Å². The number of carbonyl (C=O) groups is 2. The molecule has 0 bridgehead atoms. The summed E-state index contributed by atoms with van der Waals surface area (Å²) in [5.41, 5.74) is 4.35. The highest BCUT2D eigenvalue weighted by atomic mass is 35.5. The van der Waals surface area contributed by atoms with Crippen LogP contribution in [-0.2, 0) is 28.0 Å². The molecule has 1 aromatic heterocycles. The standard InChI is InChI=1S/C40H44ClNO5S2/c1-38(2,47)32-9-4-3-6-26(32)12-15-34(49-25-40(18-19-40)37(45)46)28-7-5-8-29(20-28)35(48-24-39(16-17-39)23-36(43)44)22-31-14-11-27-10-13-30(41)21-33(27)42-31/h3-11,13-14,20-21,34-35,47H,12,15-19,22-25H2,1-2H3,(H,43,44)(H,45,46)/t34-,35+/m1/s1. The van der Waals surface area contributed by atoms with Crippen molar-refractivity contribution in [3.8, 4) is 0 Å². The summed E-state index contributed by atoms with van der Waals surface area (Å²) in [5.74, 6) is -0.133. The second-order valence-corrected chi connectivity index (χ2v) is 17.3. The summed E-state index contributed by atoms with van der Waals surface area (Å²) in [6.07, 6.45) is 5.71. The van der Waals surface area contributed by atoms with Gasteiger partial charge in [0.1, 0.15) is 0 Å². The van der Waals surface area contributed by atoms with Crippen LogP contribution in [0.5, 0.6) is 0 Å². The first-order chi connectivity index (χ1) is 23.3. The van der Waals surface area contributed by atoms with Gasteiger partial charge in [-0.1, -0.05) is 72.3 Å². The van der Waals surface area contributed by atoms with E-state index in [0.29, 0.717) is 30.0 Å². The molecule has 6 nitrogen and oxygen atoms in total. The fourth-order valence-corrected chi connectivity index (χ4v) is 9.91. The average molecular weight is 718 g/mol. The van der Waals surface area contributed by atoms with Crippen molar-refractivity contribution in [2.75, 3.05) is 11.5 Å². The smallest absolute Gasteiger partial charge is 0.310 e. The highest BCUT2D eigenvalue weighted by Gasteiger charge is 2.50. The van der Waals surface area contributed by atoms with Crippen LogP contribution in [0.4, 0.5) is 0 Å². The van der Waals surface area contributed by atoms with Gasteiger partial charge in [0, 0.05) is 44.5 Å². The van der Waals surface area contributed by atoms with E-state index in [1.165, 1.54) is 0 Å². The van der Waals surface area contributed by atoms with Gasteiger partial charge in [0.25, 0.3) is 0 Å². The molecule has 2 aliphatic rings. The van der Waals surface area contributed by atoms with Crippen molar-refractivity contribution in [2.24, 2.45) is 10.8 Å². The molecular formula is C40H44ClNO5S2. The minimum atomic E-state index is -0.966. The van der Waals surface area contributed by atoms with Crippen LogP contribution in [0.3, 0.4) is 0 Å². The number of rotatable bonds is 17. The number of thioether (sulfide) groups is 2. The molecule has 3 aromatic carbocycles. The van der Waals surface area contributed by atoms with Crippen LogP contribution in [0.15, 0.2) is 78.9 Å². The predicted molar refractivity (Wildman–Crippen MR) is 201 cm³/mol. The van der Waals surface area contributed by atoms with Gasteiger partial charge >= 0.3 is 11.9 Å². The Hall–Kier alpha value is -3.04. The van der Waals surface area contributed by atoms with Gasteiger partial charge in [-0.25, -0.2) is 0 Å². The Bertz CT molecular complexity index is 1830. The molecule has 0 amide bonds. The fraction of sp³-hybridized carbons (Fsp3) is 0.425. The highest BCUT2D eigenvalue weighted by Crippen LogP contribution is 2.54. The topological polar surface area (TPSA) is 108 Å². The lowest BCUT2D eigenvalue weighted by atomic mass is 9.90. The normalized spacial score (nSPS) is 17.4. The molecule has 9 heteroatoms. The highest BCUT2D eigenvalue weighted by molar-refractivity contribution is 7.99. The summed E-state index contributed by atoms with van der Waals surface area (Å²) in [5, 5.41) is 32.2. The molecule has 0 saturated heterocycles. The zero-order valence-electron chi connectivity index (χ0n) is 28.0. The molecule has 0 unspecified atom stereocenters. The Balaban J connectivity index is 1.29. The van der Waals surface area contributed by atoms with Gasteiger partial charge in [-0.15, -0.1) is 0 Å². The van der Waals surface area contributed by atoms with Crippen molar-refractivity contribution in [3.05, 3.63) is 112 Å². The van der Waals surface area contributed by atoms with Crippen LogP contribution in [0, 0.1) is 10.8 Å². The molecule has 4 aromatic rings. The van der Waals surface area contributed by atoms with Crippen LogP contribution < -0.4 is 0 Å². The minimum Gasteiger partial charge on any atom is -0.481 e. The number of aliphatic hydroxyl groups is 1. The molecule has 0 aliphatic heterocycles. The number of hydrogen-bond donors (Lipinski definition) is 3. The second-order valence-electron chi connectivity index (χ2n) is 14.5. The number of halogens is 1. The number of fused-ring (bicyclic) bond motifs is 1. The van der Waals surface area contributed by atoms with Gasteiger partial charge in [0.15, 0.2) is 0 Å². The maximum Gasteiger partial charge on any atom is 0.310 e. The minimum absolute atomic E-state index is 0.0470. The van der Waals surface area contributed by atoms with E-state index in [-0.39, 0.29) is 22.3 Å². The van der Waals surface area contributed by atoms with Crippen molar-refractivity contribution in [2.45, 2.75) is 81.3 Å². The average Bonchev–Trinajstić information content (AvgIpc) is 4.00. The van der Waals surface area contributed by atoms with E-state index in [1.807, 2.05) is 62.0 Å². The molecule has 2 atom stereocenters. The second kappa shape index (κ2) is 14.7. The Morgan fingerprint density at radius 3 is 2.24 bits per heavy atom. The third kappa shape index (κ3) is 9.01. The zero-order chi connectivity index (χ0) is 34.8. The molecule has 0 radical (unpaired) electrons. The molecule has 0 spiro atoms. The molecule has 6 rings (SSSR count). The summed E-state index contributed by atoms with van der Waals surface area (Å²) in [7, 11) is 0. The molecule has 3 N–H and O–H groups in total. The third-order valence-electron chi connectivity index (χ3n) is 10.1. The first-order valence-corrected chi connectivity index (χ1v) is 19.5. The van der Waals surface area contributed by atoms with E-state index in [1.54, 1.807) is 11.8 Å². The number of carboxylic acids is 2. The van der Waals surface area contributed by atoms with Crippen molar-refractivity contribution < 1.29 is 24.9 Å². The Morgan fingerprint density at radius 1 is 0.878 bits per heavy atom. The van der Waals surface area contributed by atoms with E-state index in [9.17, 15) is 24.9 Å². The lowest BCUT2D eigenvalue weighted by Crippen LogP contribution is -2.19. The monoisotopic (exact) mass is 717 g/mol. The summed E-state index contributed by atoms with van der Waals surface area (Å²) < 4.78 is 0. The van der Waals surface area contributed by atoms with Gasteiger partial charge < -0.3 is 15.3 Å². The van der Waals surface area contributed by atoms with E-state index < -0.39 is 23.0 Å². The molecule has 2 fully saturated rings. The maximum absolute atomic E-state index is 12.1. The van der Waals surface area contributed by atoms with Gasteiger partial charge in [-0.3, -0.25) is 14.6 Å².